The highest BCUT2D eigenvalue weighted by Crippen LogP contribution is 2.33. The number of carbonyl (C=O) groups excluding carboxylic acids is 1. The van der Waals surface area contributed by atoms with Gasteiger partial charge in [0.2, 0.25) is 0 Å². The van der Waals surface area contributed by atoms with Gasteiger partial charge in [-0.15, -0.1) is 0 Å². The molecule has 0 aliphatic carbocycles. The Balaban J connectivity index is 2.26. The first-order valence-electron chi connectivity index (χ1n) is 6.12. The minimum absolute atomic E-state index is 0.0839. The predicted octanol–water partition coefficient (Wildman–Crippen LogP) is 2.71. The molecule has 5 heteroatoms. The van der Waals surface area contributed by atoms with Crippen molar-refractivity contribution in [2.75, 3.05) is 7.11 Å². The number of hydrogen-bond acceptors (Lipinski definition) is 5. The van der Waals surface area contributed by atoms with Crippen LogP contribution in [0.25, 0.3) is 6.08 Å². The number of ether oxygens (including phenoxy) is 1. The Bertz CT molecular complexity index is 687. The molecule has 5 nitrogen and oxygen atoms in total. The van der Waals surface area contributed by atoms with Crippen molar-refractivity contribution in [3.8, 4) is 23.0 Å². The van der Waals surface area contributed by atoms with Crippen LogP contribution in [0.3, 0.4) is 0 Å². The van der Waals surface area contributed by atoms with Crippen LogP contribution in [0.4, 0.5) is 0 Å². The molecular formula is C16H14O5. The standard InChI is InChI=1S/C16H14O5/c1-21-16-9-15(20)14(19)8-11(16)4-7-13(18)10-2-5-12(17)6-3-10/h2-9,17,19-20H,1H3/b7-4+. The maximum Gasteiger partial charge on any atom is 0.185 e. The first kappa shape index (κ1) is 14.5. The summed E-state index contributed by atoms with van der Waals surface area (Å²) in [6.07, 6.45) is 2.80. The van der Waals surface area contributed by atoms with E-state index in [0.29, 0.717) is 16.9 Å². The maximum atomic E-state index is 12.0. The van der Waals surface area contributed by atoms with E-state index in [4.69, 9.17) is 4.74 Å². The Morgan fingerprint density at radius 3 is 2.29 bits per heavy atom. The summed E-state index contributed by atoms with van der Waals surface area (Å²) < 4.78 is 5.07. The molecule has 0 unspecified atom stereocenters. The van der Waals surface area contributed by atoms with Crippen LogP contribution in [-0.2, 0) is 0 Å². The lowest BCUT2D eigenvalue weighted by Gasteiger charge is -2.06. The Morgan fingerprint density at radius 1 is 1.05 bits per heavy atom. The second kappa shape index (κ2) is 6.00. The predicted molar refractivity (Wildman–Crippen MR) is 77.8 cm³/mol. The fraction of sp³-hybridized carbons (Fsp3) is 0.0625. The summed E-state index contributed by atoms with van der Waals surface area (Å²) >= 11 is 0. The summed E-state index contributed by atoms with van der Waals surface area (Å²) in [6.45, 7) is 0. The highest BCUT2D eigenvalue weighted by atomic mass is 16.5. The van der Waals surface area contributed by atoms with Gasteiger partial charge >= 0.3 is 0 Å². The minimum atomic E-state index is -0.299. The molecule has 0 amide bonds. The molecule has 2 aromatic rings. The number of carbonyl (C=O) groups is 1. The maximum absolute atomic E-state index is 12.0. The number of methoxy groups -OCH3 is 1. The van der Waals surface area contributed by atoms with E-state index < -0.39 is 0 Å². The number of ketones is 1. The molecule has 0 saturated carbocycles. The number of rotatable bonds is 4. The van der Waals surface area contributed by atoms with Crippen molar-refractivity contribution < 1.29 is 24.9 Å². The van der Waals surface area contributed by atoms with Crippen molar-refractivity contribution >= 4 is 11.9 Å². The smallest absolute Gasteiger partial charge is 0.185 e. The lowest BCUT2D eigenvalue weighted by atomic mass is 10.1. The van der Waals surface area contributed by atoms with Crippen molar-refractivity contribution in [1.82, 2.24) is 0 Å². The zero-order valence-corrected chi connectivity index (χ0v) is 11.3. The molecular weight excluding hydrogens is 272 g/mol. The van der Waals surface area contributed by atoms with Gasteiger partial charge in [0.05, 0.1) is 7.11 Å². The van der Waals surface area contributed by atoms with Crippen LogP contribution in [0.2, 0.25) is 0 Å². The Labute approximate surface area is 121 Å². The van der Waals surface area contributed by atoms with Gasteiger partial charge in [0, 0.05) is 17.2 Å². The summed E-state index contributed by atoms with van der Waals surface area (Å²) in [7, 11) is 1.42. The van der Waals surface area contributed by atoms with Crippen molar-refractivity contribution in [3.63, 3.8) is 0 Å². The Hall–Kier alpha value is -2.95. The number of allylic oxidation sites excluding steroid dienone is 1. The van der Waals surface area contributed by atoms with Crippen molar-refractivity contribution in [2.24, 2.45) is 0 Å². The fourth-order valence-corrected chi connectivity index (χ4v) is 1.77. The number of benzene rings is 2. The molecule has 0 spiro atoms. The summed E-state index contributed by atoms with van der Waals surface area (Å²) in [4.78, 5) is 12.0. The van der Waals surface area contributed by atoms with Crippen molar-refractivity contribution in [1.29, 1.82) is 0 Å². The van der Waals surface area contributed by atoms with Crippen LogP contribution in [0.15, 0.2) is 42.5 Å². The second-order valence-electron chi connectivity index (χ2n) is 4.33. The fourth-order valence-electron chi connectivity index (χ4n) is 1.77. The third-order valence-corrected chi connectivity index (χ3v) is 2.89. The molecule has 0 aromatic heterocycles. The number of phenolic OH excluding ortho intramolecular Hbond substituents is 3. The molecule has 0 radical (unpaired) electrons. The monoisotopic (exact) mass is 286 g/mol. The van der Waals surface area contributed by atoms with Crippen LogP contribution < -0.4 is 4.74 Å². The molecule has 0 saturated heterocycles. The SMILES string of the molecule is COc1cc(O)c(O)cc1/C=C/C(=O)c1ccc(O)cc1. The highest BCUT2D eigenvalue weighted by molar-refractivity contribution is 6.07. The first-order valence-corrected chi connectivity index (χ1v) is 6.12. The topological polar surface area (TPSA) is 87.0 Å². The van der Waals surface area contributed by atoms with Crippen LogP contribution >= 0.6 is 0 Å². The molecule has 0 aliphatic rings. The molecule has 2 rings (SSSR count). The quantitative estimate of drug-likeness (QED) is 0.457. The molecule has 21 heavy (non-hydrogen) atoms. The average Bonchev–Trinajstić information content (AvgIpc) is 2.48. The normalized spacial score (nSPS) is 10.7. The zero-order valence-electron chi connectivity index (χ0n) is 11.3. The molecule has 108 valence electrons. The van der Waals surface area contributed by atoms with E-state index in [9.17, 15) is 20.1 Å². The summed E-state index contributed by atoms with van der Waals surface area (Å²) in [5.41, 5.74) is 0.881. The highest BCUT2D eigenvalue weighted by Gasteiger charge is 2.08. The molecule has 0 bridgehead atoms. The molecule has 2 aromatic carbocycles. The van der Waals surface area contributed by atoms with E-state index in [1.807, 2.05) is 0 Å². The van der Waals surface area contributed by atoms with Gasteiger partial charge in [0.15, 0.2) is 17.3 Å². The van der Waals surface area contributed by atoms with Gasteiger partial charge in [-0.3, -0.25) is 4.79 Å². The van der Waals surface area contributed by atoms with E-state index in [0.717, 1.165) is 0 Å². The van der Waals surface area contributed by atoms with E-state index in [2.05, 4.69) is 0 Å². The average molecular weight is 286 g/mol. The molecule has 0 fully saturated rings. The Morgan fingerprint density at radius 2 is 1.67 bits per heavy atom. The van der Waals surface area contributed by atoms with Gasteiger partial charge in [0.1, 0.15) is 11.5 Å². The number of aromatic hydroxyl groups is 3. The lowest BCUT2D eigenvalue weighted by Crippen LogP contribution is -1.93. The molecule has 3 N–H and O–H groups in total. The lowest BCUT2D eigenvalue weighted by molar-refractivity contribution is 0.104. The molecule has 0 aliphatic heterocycles. The van der Waals surface area contributed by atoms with Crippen molar-refractivity contribution in [3.05, 3.63) is 53.6 Å². The summed E-state index contributed by atoms with van der Waals surface area (Å²) in [5, 5.41) is 28.0. The third kappa shape index (κ3) is 3.33. The first-order chi connectivity index (χ1) is 10.0. The molecule has 0 heterocycles. The van der Waals surface area contributed by atoms with Crippen LogP contribution in [0.1, 0.15) is 15.9 Å². The third-order valence-electron chi connectivity index (χ3n) is 2.89. The van der Waals surface area contributed by atoms with Gasteiger partial charge in [0.25, 0.3) is 0 Å². The van der Waals surface area contributed by atoms with Crippen LogP contribution in [0, 0.1) is 0 Å². The van der Waals surface area contributed by atoms with Crippen LogP contribution in [-0.4, -0.2) is 28.2 Å². The van der Waals surface area contributed by atoms with E-state index >= 15 is 0 Å². The summed E-state index contributed by atoms with van der Waals surface area (Å²) in [6, 6.07) is 8.43. The number of hydrogen-bond donors (Lipinski definition) is 3. The number of phenols is 3. The Kier molecular flexibility index (Phi) is 4.13. The van der Waals surface area contributed by atoms with Gasteiger partial charge in [-0.25, -0.2) is 0 Å². The largest absolute Gasteiger partial charge is 0.508 e. The van der Waals surface area contributed by atoms with Gasteiger partial charge in [-0.1, -0.05) is 0 Å². The molecule has 0 atom stereocenters. The van der Waals surface area contributed by atoms with Gasteiger partial charge < -0.3 is 20.1 Å². The van der Waals surface area contributed by atoms with Crippen molar-refractivity contribution in [2.45, 2.75) is 0 Å². The van der Waals surface area contributed by atoms with E-state index in [-0.39, 0.29) is 23.0 Å². The van der Waals surface area contributed by atoms with Crippen LogP contribution in [0.5, 0.6) is 23.0 Å². The van der Waals surface area contributed by atoms with E-state index in [1.165, 1.54) is 55.7 Å². The van der Waals surface area contributed by atoms with E-state index in [1.54, 1.807) is 0 Å². The second-order valence-corrected chi connectivity index (χ2v) is 4.33. The minimum Gasteiger partial charge on any atom is -0.508 e. The van der Waals surface area contributed by atoms with Gasteiger partial charge in [-0.2, -0.15) is 0 Å². The zero-order chi connectivity index (χ0) is 15.4. The summed E-state index contributed by atoms with van der Waals surface area (Å²) in [5.74, 6) is -0.438. The van der Waals surface area contributed by atoms with Gasteiger partial charge in [-0.05, 0) is 42.5 Å².